The Bertz CT molecular complexity index is 405. The Balaban J connectivity index is 2.24. The van der Waals surface area contributed by atoms with Gasteiger partial charge in [0.05, 0.1) is 0 Å². The number of hydrogen-bond donors (Lipinski definition) is 3. The normalized spacial score (nSPS) is 17.8. The van der Waals surface area contributed by atoms with Crippen LogP contribution in [-0.2, 0) is 0 Å². The van der Waals surface area contributed by atoms with E-state index in [1.165, 1.54) is 18.0 Å². The van der Waals surface area contributed by atoms with Gasteiger partial charge < -0.3 is 16.8 Å². The molecule has 0 bridgehead atoms. The molecule has 1 saturated carbocycles. The third kappa shape index (κ3) is 1.73. The zero-order valence-corrected chi connectivity index (χ0v) is 10.1. The summed E-state index contributed by atoms with van der Waals surface area (Å²) in [6.07, 6.45) is 4.50. The minimum Gasteiger partial charge on any atom is -0.382 e. The van der Waals surface area contributed by atoms with Crippen molar-refractivity contribution in [1.29, 1.82) is 0 Å². The largest absolute Gasteiger partial charge is 0.382 e. The summed E-state index contributed by atoms with van der Waals surface area (Å²) in [5.74, 6) is -0.287. The fourth-order valence-electron chi connectivity index (χ4n) is 2.04. The van der Waals surface area contributed by atoms with E-state index in [-0.39, 0.29) is 11.4 Å². The monoisotopic (exact) mass is 240 g/mol. The molecule has 0 unspecified atom stereocenters. The summed E-state index contributed by atoms with van der Waals surface area (Å²) in [6, 6.07) is 0. The molecule has 0 spiro atoms. The lowest BCUT2D eigenvalue weighted by molar-refractivity contribution is 0.100. The summed E-state index contributed by atoms with van der Waals surface area (Å²) in [6.45, 7) is 2.14. The zero-order valence-electron chi connectivity index (χ0n) is 9.25. The Kier molecular flexibility index (Phi) is 2.75. The molecule has 1 aromatic rings. The summed E-state index contributed by atoms with van der Waals surface area (Å²) < 4.78 is 3.97. The molecule has 1 aromatic heterocycles. The van der Waals surface area contributed by atoms with Gasteiger partial charge in [0.25, 0.3) is 5.91 Å². The van der Waals surface area contributed by atoms with Crippen molar-refractivity contribution in [1.82, 2.24) is 4.37 Å². The molecule has 5 N–H and O–H groups in total. The van der Waals surface area contributed by atoms with Crippen LogP contribution in [0.1, 0.15) is 43.0 Å². The Hall–Kier alpha value is -1.30. The maximum absolute atomic E-state index is 11.3. The second-order valence-electron chi connectivity index (χ2n) is 4.25. The van der Waals surface area contributed by atoms with Crippen molar-refractivity contribution in [2.45, 2.75) is 38.1 Å². The molecule has 1 heterocycles. The van der Waals surface area contributed by atoms with Crippen molar-refractivity contribution in [3.05, 3.63) is 5.56 Å². The molecule has 0 aromatic carbocycles. The van der Waals surface area contributed by atoms with Gasteiger partial charge in [0, 0.05) is 5.54 Å². The van der Waals surface area contributed by atoms with E-state index in [0.29, 0.717) is 10.6 Å². The lowest BCUT2D eigenvalue weighted by atomic mass is 9.75. The van der Waals surface area contributed by atoms with E-state index in [9.17, 15) is 4.79 Å². The van der Waals surface area contributed by atoms with Gasteiger partial charge >= 0.3 is 0 Å². The molecular weight excluding hydrogens is 224 g/mol. The van der Waals surface area contributed by atoms with Crippen molar-refractivity contribution < 1.29 is 4.79 Å². The number of primary amides is 1. The smallest absolute Gasteiger partial charge is 0.255 e. The molecule has 1 aliphatic carbocycles. The first-order valence-electron chi connectivity index (χ1n) is 5.41. The maximum atomic E-state index is 11.3. The van der Waals surface area contributed by atoms with Crippen LogP contribution >= 0.6 is 11.5 Å². The van der Waals surface area contributed by atoms with Crippen LogP contribution in [0.2, 0.25) is 0 Å². The minimum atomic E-state index is -0.515. The SMILES string of the molecule is CCC1(Nc2snc(N)c2C(N)=O)CCC1. The average Bonchev–Trinajstić information content (AvgIpc) is 2.53. The highest BCUT2D eigenvalue weighted by atomic mass is 32.1. The highest BCUT2D eigenvalue weighted by Crippen LogP contribution is 2.40. The van der Waals surface area contributed by atoms with Crippen LogP contribution in [0.15, 0.2) is 0 Å². The number of nitrogens with two attached hydrogens (primary N) is 2. The summed E-state index contributed by atoms with van der Waals surface area (Å²) in [4.78, 5) is 11.3. The second kappa shape index (κ2) is 3.93. The van der Waals surface area contributed by atoms with Crippen LogP contribution in [0, 0.1) is 0 Å². The van der Waals surface area contributed by atoms with Crippen molar-refractivity contribution >= 4 is 28.3 Å². The molecule has 2 rings (SSSR count). The minimum absolute atomic E-state index is 0.114. The van der Waals surface area contributed by atoms with Crippen LogP contribution in [0.4, 0.5) is 10.8 Å². The number of aromatic nitrogens is 1. The Labute approximate surface area is 98.4 Å². The first-order valence-corrected chi connectivity index (χ1v) is 6.18. The number of carbonyl (C=O) groups is 1. The molecule has 1 fully saturated rings. The van der Waals surface area contributed by atoms with Crippen molar-refractivity contribution in [2.75, 3.05) is 11.1 Å². The highest BCUT2D eigenvalue weighted by molar-refractivity contribution is 7.11. The quantitative estimate of drug-likeness (QED) is 0.744. The predicted octanol–water partition coefficient (Wildman–Crippen LogP) is 1.57. The van der Waals surface area contributed by atoms with Gasteiger partial charge in [-0.15, -0.1) is 0 Å². The van der Waals surface area contributed by atoms with Gasteiger partial charge in [-0.3, -0.25) is 4.79 Å². The number of nitrogens with one attached hydrogen (secondary N) is 1. The van der Waals surface area contributed by atoms with Crippen LogP contribution in [0.5, 0.6) is 0 Å². The van der Waals surface area contributed by atoms with Crippen LogP contribution in [0.3, 0.4) is 0 Å². The number of nitrogens with zero attached hydrogens (tertiary/aromatic N) is 1. The molecule has 1 aliphatic rings. The van der Waals surface area contributed by atoms with Crippen LogP contribution in [-0.4, -0.2) is 15.8 Å². The topological polar surface area (TPSA) is 94.0 Å². The van der Waals surface area contributed by atoms with E-state index >= 15 is 0 Å². The summed E-state index contributed by atoms with van der Waals surface area (Å²) in [5, 5.41) is 4.10. The van der Waals surface area contributed by atoms with Gasteiger partial charge in [0.1, 0.15) is 10.6 Å². The number of hydrogen-bond acceptors (Lipinski definition) is 5. The third-order valence-corrected chi connectivity index (χ3v) is 4.11. The molecular formula is C10H16N4OS. The van der Waals surface area contributed by atoms with E-state index < -0.39 is 5.91 Å². The standard InChI is InChI=1S/C10H16N4OS/c1-2-10(4-3-5-10)13-9-6(8(12)15)7(11)14-16-9/h13H,2-5H2,1H3,(H2,11,14)(H2,12,15). The lowest BCUT2D eigenvalue weighted by Crippen LogP contribution is -2.44. The van der Waals surface area contributed by atoms with Gasteiger partial charge in [0.15, 0.2) is 5.82 Å². The van der Waals surface area contributed by atoms with Crippen molar-refractivity contribution in [3.63, 3.8) is 0 Å². The van der Waals surface area contributed by atoms with E-state index in [0.717, 1.165) is 19.3 Å². The molecule has 0 radical (unpaired) electrons. The second-order valence-corrected chi connectivity index (χ2v) is 5.02. The summed E-state index contributed by atoms with van der Waals surface area (Å²) in [5.41, 5.74) is 11.4. The van der Waals surface area contributed by atoms with Gasteiger partial charge in [-0.25, -0.2) is 0 Å². The number of carbonyl (C=O) groups excluding carboxylic acids is 1. The Morgan fingerprint density at radius 2 is 2.31 bits per heavy atom. The lowest BCUT2D eigenvalue weighted by Gasteiger charge is -2.42. The van der Waals surface area contributed by atoms with Crippen molar-refractivity contribution in [3.8, 4) is 0 Å². The average molecular weight is 240 g/mol. The predicted molar refractivity (Wildman–Crippen MR) is 65.5 cm³/mol. The summed E-state index contributed by atoms with van der Waals surface area (Å²) in [7, 11) is 0. The molecule has 16 heavy (non-hydrogen) atoms. The fourth-order valence-corrected chi connectivity index (χ4v) is 2.88. The molecule has 0 saturated heterocycles. The Morgan fingerprint density at radius 1 is 1.62 bits per heavy atom. The summed E-state index contributed by atoms with van der Waals surface area (Å²) >= 11 is 1.21. The maximum Gasteiger partial charge on any atom is 0.255 e. The molecule has 5 nitrogen and oxygen atoms in total. The van der Waals surface area contributed by atoms with Crippen LogP contribution < -0.4 is 16.8 Å². The number of anilines is 2. The molecule has 1 amide bonds. The number of rotatable bonds is 4. The van der Waals surface area contributed by atoms with Crippen LogP contribution in [0.25, 0.3) is 0 Å². The fraction of sp³-hybridized carbons (Fsp3) is 0.600. The first kappa shape index (κ1) is 11.2. The van der Waals surface area contributed by atoms with Gasteiger partial charge in [-0.2, -0.15) is 4.37 Å². The third-order valence-electron chi connectivity index (χ3n) is 3.33. The molecule has 88 valence electrons. The number of nitrogen functional groups attached to an aromatic ring is 1. The molecule has 0 atom stereocenters. The Morgan fingerprint density at radius 3 is 2.75 bits per heavy atom. The zero-order chi connectivity index (χ0) is 11.8. The molecule has 6 heteroatoms. The highest BCUT2D eigenvalue weighted by Gasteiger charge is 2.36. The van der Waals surface area contributed by atoms with Crippen molar-refractivity contribution in [2.24, 2.45) is 5.73 Å². The van der Waals surface area contributed by atoms with E-state index in [2.05, 4.69) is 16.6 Å². The van der Waals surface area contributed by atoms with Gasteiger partial charge in [0.2, 0.25) is 0 Å². The number of amides is 1. The van der Waals surface area contributed by atoms with E-state index in [1.54, 1.807) is 0 Å². The van der Waals surface area contributed by atoms with E-state index in [1.807, 2.05) is 0 Å². The first-order chi connectivity index (χ1) is 7.58. The van der Waals surface area contributed by atoms with Gasteiger partial charge in [-0.05, 0) is 37.2 Å². The van der Waals surface area contributed by atoms with E-state index in [4.69, 9.17) is 11.5 Å². The van der Waals surface area contributed by atoms with Gasteiger partial charge in [-0.1, -0.05) is 6.92 Å². The molecule has 0 aliphatic heterocycles.